The monoisotopic (exact) mass is 660 g/mol. The van der Waals surface area contributed by atoms with E-state index in [4.69, 9.17) is 9.47 Å². The zero-order valence-electron chi connectivity index (χ0n) is 27.4. The molecule has 14 heteroatoms. The molecular weight excluding hydrogens is 617 g/mol. The third kappa shape index (κ3) is 9.37. The van der Waals surface area contributed by atoms with Crippen molar-refractivity contribution in [3.8, 4) is 11.1 Å². The number of hydrogen-bond donors (Lipinski definition) is 2. The Labute approximate surface area is 267 Å². The van der Waals surface area contributed by atoms with Gasteiger partial charge >= 0.3 is 12.2 Å². The number of nitrogens with one attached hydrogen (secondary N) is 1. The molecule has 0 unspecified atom stereocenters. The summed E-state index contributed by atoms with van der Waals surface area (Å²) in [5.41, 5.74) is 0.630. The number of rotatable bonds is 7. The number of nitrogens with zero attached hydrogens (tertiary/aromatic N) is 3. The molecule has 45 heavy (non-hydrogen) atoms. The van der Waals surface area contributed by atoms with Crippen molar-refractivity contribution in [3.63, 3.8) is 0 Å². The predicted molar refractivity (Wildman–Crippen MR) is 177 cm³/mol. The molecule has 1 fully saturated rings. The first-order valence-electron chi connectivity index (χ1n) is 14.7. The second kappa shape index (κ2) is 13.7. The average molecular weight is 661 g/mol. The molecule has 1 aromatic heterocycles. The number of alkyl carbamates (subject to hydrolysis) is 1. The van der Waals surface area contributed by atoms with Crippen LogP contribution >= 0.6 is 0 Å². The van der Waals surface area contributed by atoms with Crippen molar-refractivity contribution in [1.82, 2.24) is 10.3 Å². The lowest BCUT2D eigenvalue weighted by molar-refractivity contribution is -0.118. The maximum atomic E-state index is 13.1. The van der Waals surface area contributed by atoms with Crippen molar-refractivity contribution >= 4 is 53.1 Å². The minimum atomic E-state index is -2.99. The molecule has 0 bridgehead atoms. The van der Waals surface area contributed by atoms with Gasteiger partial charge < -0.3 is 19.9 Å². The molecule has 246 valence electrons. The van der Waals surface area contributed by atoms with Gasteiger partial charge in [-0.3, -0.25) is 9.69 Å². The molecule has 1 aliphatic heterocycles. The van der Waals surface area contributed by atoms with Crippen LogP contribution in [-0.2, 0) is 30.0 Å². The van der Waals surface area contributed by atoms with Gasteiger partial charge in [0.25, 0.3) is 21.4 Å². The lowest BCUT2D eigenvalue weighted by Gasteiger charge is -2.29. The largest absolute Gasteiger partial charge is 0.464 e. The molecule has 0 saturated carbocycles. The van der Waals surface area contributed by atoms with Crippen molar-refractivity contribution in [3.05, 3.63) is 42.1 Å². The molecule has 1 aliphatic rings. The van der Waals surface area contributed by atoms with Crippen LogP contribution in [0.3, 0.4) is 0 Å². The molecule has 0 aliphatic carbocycles. The summed E-state index contributed by atoms with van der Waals surface area (Å²) < 4.78 is 35.6. The zero-order chi connectivity index (χ0) is 33.9. The number of benzene rings is 1. The molecule has 12 nitrogen and oxygen atoms in total. The lowest BCUT2D eigenvalue weighted by Crippen LogP contribution is -2.43. The van der Waals surface area contributed by atoms with Crippen LogP contribution < -0.4 is 15.1 Å². The van der Waals surface area contributed by atoms with Crippen LogP contribution in [0, 0.1) is 0 Å². The number of aromatic nitrogens is 1. The number of amides is 3. The van der Waals surface area contributed by atoms with Crippen molar-refractivity contribution < 1.29 is 37.4 Å². The van der Waals surface area contributed by atoms with Gasteiger partial charge in [-0.15, -0.1) is 0 Å². The second-order valence-corrected chi connectivity index (χ2v) is 20.5. The summed E-state index contributed by atoms with van der Waals surface area (Å²) in [6.45, 7) is 17.8. The molecule has 2 aromatic rings. The number of carbonyl (C=O) groups excluding carboxylic acids is 2. The maximum Gasteiger partial charge on any atom is 0.418 e. The minimum Gasteiger partial charge on any atom is -0.464 e. The smallest absolute Gasteiger partial charge is 0.418 e. The summed E-state index contributed by atoms with van der Waals surface area (Å²) in [5.74, 6) is 0.0197. The van der Waals surface area contributed by atoms with Crippen LogP contribution in [0.25, 0.3) is 11.1 Å². The summed E-state index contributed by atoms with van der Waals surface area (Å²) >= 11 is 0. The third-order valence-corrected chi connectivity index (χ3v) is 9.18. The quantitative estimate of drug-likeness (QED) is 0.290. The summed E-state index contributed by atoms with van der Waals surface area (Å²) in [5, 5.41) is 12.2. The van der Waals surface area contributed by atoms with Gasteiger partial charge in [0, 0.05) is 31.9 Å². The van der Waals surface area contributed by atoms with Gasteiger partial charge in [0.15, 0.2) is 0 Å². The average Bonchev–Trinajstić information content (AvgIpc) is 3.24. The van der Waals surface area contributed by atoms with Crippen LogP contribution in [0.15, 0.2) is 36.5 Å². The molecule has 2 N–H and O–H groups in total. The summed E-state index contributed by atoms with van der Waals surface area (Å²) in [6.07, 6.45) is -0.315. The van der Waals surface area contributed by atoms with E-state index in [-0.39, 0.29) is 18.2 Å². The Bertz CT molecular complexity index is 1560. The van der Waals surface area contributed by atoms with Gasteiger partial charge in [-0.25, -0.2) is 19.5 Å². The first-order valence-corrected chi connectivity index (χ1v) is 19.5. The van der Waals surface area contributed by atoms with Gasteiger partial charge in [0.1, 0.15) is 17.5 Å². The number of hydrogen-bond acceptors (Lipinski definition) is 8. The molecule has 0 radical (unpaired) electrons. The fraction of sp³-hybridized carbons (Fsp3) is 0.516. The minimum absolute atomic E-state index is 0.0566. The molecule has 1 saturated heterocycles. The van der Waals surface area contributed by atoms with E-state index in [9.17, 15) is 27.9 Å². The van der Waals surface area contributed by atoms with Crippen LogP contribution in [0.4, 0.5) is 21.1 Å². The Kier molecular flexibility index (Phi) is 10.9. The van der Waals surface area contributed by atoms with Crippen LogP contribution in [0.5, 0.6) is 0 Å². The summed E-state index contributed by atoms with van der Waals surface area (Å²) in [4.78, 5) is 44.7. The predicted octanol–water partition coefficient (Wildman–Crippen LogP) is 5.48. The highest BCUT2D eigenvalue weighted by molar-refractivity contribution is 7.72. The number of carboxylic acid groups (broad SMARTS) is 1. The normalized spacial score (nSPS) is 15.5. The number of pyridine rings is 1. The van der Waals surface area contributed by atoms with E-state index in [1.165, 1.54) is 17.2 Å². The lowest BCUT2D eigenvalue weighted by atomic mass is 9.81. The topological polar surface area (TPSA) is 155 Å². The molecular formula is C31H44N4O8SSi. The van der Waals surface area contributed by atoms with Gasteiger partial charge in [-0.2, -0.15) is 8.42 Å². The summed E-state index contributed by atoms with van der Waals surface area (Å²) in [7, 11) is -4.60. The Morgan fingerprint density at radius 1 is 1.11 bits per heavy atom. The van der Waals surface area contributed by atoms with Gasteiger partial charge in [-0.05, 0) is 62.4 Å². The first-order chi connectivity index (χ1) is 20.7. The van der Waals surface area contributed by atoms with Crippen molar-refractivity contribution in [2.75, 3.05) is 23.0 Å². The SMILES string of the molecule is CC(C)(C)OC(=O)N[C@H]1CCN(c2ccc(-c3c(N(C(=O)O)C(OCC[Si](C)(C)C)=S(=O)=O)cccc3C(C)(C)C)cn2)C1=O. The fourth-order valence-electron chi connectivity index (χ4n) is 4.75. The van der Waals surface area contributed by atoms with E-state index < -0.39 is 52.8 Å². The Morgan fingerprint density at radius 3 is 2.29 bits per heavy atom. The first kappa shape index (κ1) is 35.7. The molecule has 1 aromatic carbocycles. The number of anilines is 2. The van der Waals surface area contributed by atoms with E-state index >= 15 is 0 Å². The highest BCUT2D eigenvalue weighted by Gasteiger charge is 2.36. The number of carbonyl (C=O) groups is 3. The van der Waals surface area contributed by atoms with E-state index in [0.29, 0.717) is 40.9 Å². The van der Waals surface area contributed by atoms with Crippen molar-refractivity contribution in [1.29, 1.82) is 0 Å². The van der Waals surface area contributed by atoms with Gasteiger partial charge in [0.2, 0.25) is 0 Å². The Morgan fingerprint density at radius 2 is 1.78 bits per heavy atom. The van der Waals surface area contributed by atoms with Crippen LogP contribution in [0.2, 0.25) is 25.7 Å². The molecule has 3 rings (SSSR count). The Hall–Kier alpha value is -3.75. The standard InChI is InChI=1S/C31H44N4O8SSi/c1-30(2,3)21-11-10-12-23(35(28(38)39)29(44(40)41)42-17-18-45(7,8)9)25(21)20-13-14-24(32-19-20)34-16-15-22(26(34)36)33-27(37)43-31(4,5)6/h10-14,19,22H,15-18H2,1-9H3,(H,33,37)(H,38,39)/t22-/m0/s1. The fourth-order valence-corrected chi connectivity index (χ4v) is 5.97. The highest BCUT2D eigenvalue weighted by atomic mass is 32.2. The van der Waals surface area contributed by atoms with Crippen LogP contribution in [0.1, 0.15) is 53.5 Å². The number of ether oxygens (including phenoxy) is 2. The van der Waals surface area contributed by atoms with Crippen LogP contribution in [-0.4, -0.2) is 74.6 Å². The van der Waals surface area contributed by atoms with Crippen molar-refractivity contribution in [2.24, 2.45) is 0 Å². The van der Waals surface area contributed by atoms with Crippen molar-refractivity contribution in [2.45, 2.75) is 90.7 Å². The van der Waals surface area contributed by atoms with Gasteiger partial charge in [0.05, 0.1) is 12.3 Å². The molecule has 2 heterocycles. The van der Waals surface area contributed by atoms with E-state index in [2.05, 4.69) is 29.9 Å². The zero-order valence-corrected chi connectivity index (χ0v) is 29.2. The molecule has 0 spiro atoms. The molecule has 1 atom stereocenters. The second-order valence-electron chi connectivity index (χ2n) is 14.1. The molecule has 3 amide bonds. The third-order valence-electron chi connectivity index (χ3n) is 6.89. The van der Waals surface area contributed by atoms with E-state index in [1.54, 1.807) is 39.0 Å². The van der Waals surface area contributed by atoms with Gasteiger partial charge in [-0.1, -0.05) is 52.5 Å². The highest BCUT2D eigenvalue weighted by Crippen LogP contribution is 2.40. The Balaban J connectivity index is 2.02. The van der Waals surface area contributed by atoms with E-state index in [0.717, 1.165) is 5.56 Å². The van der Waals surface area contributed by atoms with E-state index in [1.807, 2.05) is 26.8 Å². The summed E-state index contributed by atoms with van der Waals surface area (Å²) in [6, 6.07) is 8.26. The maximum absolute atomic E-state index is 13.1.